The van der Waals surface area contributed by atoms with Crippen LogP contribution in [0.5, 0.6) is 5.75 Å². The van der Waals surface area contributed by atoms with Crippen LogP contribution in [0.2, 0.25) is 0 Å². The summed E-state index contributed by atoms with van der Waals surface area (Å²) in [5, 5.41) is 3.35. The molecule has 0 bridgehead atoms. The number of ether oxygens (including phenoxy) is 1. The van der Waals surface area contributed by atoms with Gasteiger partial charge in [-0.1, -0.05) is 27.7 Å². The largest absolute Gasteiger partial charge is 0.495 e. The number of nitrogens with one attached hydrogen (secondary N) is 1. The number of hydrogen-bond donors (Lipinski definition) is 1. The zero-order chi connectivity index (χ0) is 13.8. The number of methoxy groups -OCH3 is 1. The van der Waals surface area contributed by atoms with E-state index in [0.29, 0.717) is 11.3 Å². The molecule has 0 aliphatic carbocycles. The summed E-state index contributed by atoms with van der Waals surface area (Å²) in [6.07, 6.45) is 2.87. The van der Waals surface area contributed by atoms with E-state index in [2.05, 4.69) is 38.0 Å². The van der Waals surface area contributed by atoms with Crippen molar-refractivity contribution in [3.05, 3.63) is 24.0 Å². The zero-order valence-electron chi connectivity index (χ0n) is 12.4. The Morgan fingerprint density at radius 1 is 1.39 bits per heavy atom. The van der Waals surface area contributed by atoms with Crippen molar-refractivity contribution >= 4 is 0 Å². The molecular formula is C15H26N2O. The van der Waals surface area contributed by atoms with Gasteiger partial charge in [0, 0.05) is 6.20 Å². The Hall–Kier alpha value is -1.09. The molecule has 0 spiro atoms. The molecule has 2 unspecified atom stereocenters. The van der Waals surface area contributed by atoms with Crippen molar-refractivity contribution in [2.45, 2.75) is 40.2 Å². The first-order valence-corrected chi connectivity index (χ1v) is 6.56. The second-order valence-electron chi connectivity index (χ2n) is 5.93. The third-order valence-corrected chi connectivity index (χ3v) is 3.77. The molecule has 3 heteroatoms. The molecule has 0 saturated heterocycles. The maximum Gasteiger partial charge on any atom is 0.141 e. The third-order valence-electron chi connectivity index (χ3n) is 3.77. The van der Waals surface area contributed by atoms with Gasteiger partial charge >= 0.3 is 0 Å². The van der Waals surface area contributed by atoms with Crippen LogP contribution in [-0.4, -0.2) is 19.1 Å². The summed E-state index contributed by atoms with van der Waals surface area (Å²) in [6, 6.07) is 4.10. The van der Waals surface area contributed by atoms with Gasteiger partial charge < -0.3 is 10.1 Å². The van der Waals surface area contributed by atoms with E-state index in [-0.39, 0.29) is 6.04 Å². The van der Waals surface area contributed by atoms with Crippen LogP contribution in [-0.2, 0) is 0 Å². The molecule has 0 fully saturated rings. The van der Waals surface area contributed by atoms with Gasteiger partial charge in [0.15, 0.2) is 0 Å². The molecule has 0 aromatic carbocycles. The maximum atomic E-state index is 5.39. The summed E-state index contributed by atoms with van der Waals surface area (Å²) in [4.78, 5) is 4.47. The highest BCUT2D eigenvalue weighted by Crippen LogP contribution is 2.34. The monoisotopic (exact) mass is 250 g/mol. The van der Waals surface area contributed by atoms with E-state index in [4.69, 9.17) is 4.74 Å². The Morgan fingerprint density at radius 2 is 2.06 bits per heavy atom. The minimum absolute atomic E-state index is 0.232. The molecule has 1 aromatic rings. The predicted octanol–water partition coefficient (Wildman–Crippen LogP) is 3.42. The van der Waals surface area contributed by atoms with Crippen molar-refractivity contribution in [1.82, 2.24) is 10.3 Å². The van der Waals surface area contributed by atoms with Crippen molar-refractivity contribution in [3.63, 3.8) is 0 Å². The minimum atomic E-state index is 0.232. The summed E-state index contributed by atoms with van der Waals surface area (Å²) < 4.78 is 5.39. The lowest BCUT2D eigenvalue weighted by atomic mass is 9.78. The molecule has 2 atom stereocenters. The van der Waals surface area contributed by atoms with E-state index in [0.717, 1.165) is 17.9 Å². The lowest BCUT2D eigenvalue weighted by molar-refractivity contribution is 0.223. The molecule has 1 N–H and O–H groups in total. The standard InChI is InChI=1S/C15H26N2O/c1-11(15(2,3)4)10-12(16-5)14-13(18-6)8-7-9-17-14/h7-9,11-12,16H,10H2,1-6H3. The van der Waals surface area contributed by atoms with Crippen LogP contribution in [0.15, 0.2) is 18.3 Å². The maximum absolute atomic E-state index is 5.39. The Kier molecular flexibility index (Phi) is 5.15. The lowest BCUT2D eigenvalue weighted by Gasteiger charge is -2.30. The number of rotatable bonds is 5. The summed E-state index contributed by atoms with van der Waals surface area (Å²) >= 11 is 0. The highest BCUT2D eigenvalue weighted by atomic mass is 16.5. The fourth-order valence-corrected chi connectivity index (χ4v) is 1.91. The summed E-state index contributed by atoms with van der Waals surface area (Å²) in [6.45, 7) is 9.12. The molecule has 1 aromatic heterocycles. The van der Waals surface area contributed by atoms with Crippen molar-refractivity contribution in [3.8, 4) is 5.75 Å². The lowest BCUT2D eigenvalue weighted by Crippen LogP contribution is -2.26. The average Bonchev–Trinajstić information content (AvgIpc) is 2.34. The van der Waals surface area contributed by atoms with Crippen LogP contribution in [0, 0.1) is 11.3 Å². The van der Waals surface area contributed by atoms with Crippen LogP contribution in [0.1, 0.15) is 45.9 Å². The first-order valence-electron chi connectivity index (χ1n) is 6.56. The molecule has 0 aliphatic heterocycles. The van der Waals surface area contributed by atoms with Gasteiger partial charge in [-0.2, -0.15) is 0 Å². The summed E-state index contributed by atoms with van der Waals surface area (Å²) in [5.74, 6) is 1.46. The molecular weight excluding hydrogens is 224 g/mol. The SMILES string of the molecule is CNC(CC(C)C(C)(C)C)c1ncccc1OC. The van der Waals surface area contributed by atoms with Crippen LogP contribution >= 0.6 is 0 Å². The van der Waals surface area contributed by atoms with Crippen LogP contribution in [0.4, 0.5) is 0 Å². The highest BCUT2D eigenvalue weighted by Gasteiger charge is 2.25. The molecule has 18 heavy (non-hydrogen) atoms. The molecule has 1 rings (SSSR count). The van der Waals surface area contributed by atoms with Gasteiger partial charge in [0.2, 0.25) is 0 Å². The fraction of sp³-hybridized carbons (Fsp3) is 0.667. The topological polar surface area (TPSA) is 34.2 Å². The Bertz CT molecular complexity index is 371. The van der Waals surface area contributed by atoms with Gasteiger partial charge in [-0.3, -0.25) is 4.98 Å². The molecule has 3 nitrogen and oxygen atoms in total. The molecule has 0 radical (unpaired) electrons. The number of nitrogens with zero attached hydrogens (tertiary/aromatic N) is 1. The highest BCUT2D eigenvalue weighted by molar-refractivity contribution is 5.29. The smallest absolute Gasteiger partial charge is 0.141 e. The van der Waals surface area contributed by atoms with Crippen molar-refractivity contribution in [2.24, 2.45) is 11.3 Å². The number of pyridine rings is 1. The van der Waals surface area contributed by atoms with Crippen LogP contribution < -0.4 is 10.1 Å². The van der Waals surface area contributed by atoms with Gasteiger partial charge in [0.05, 0.1) is 18.8 Å². The minimum Gasteiger partial charge on any atom is -0.495 e. The van der Waals surface area contributed by atoms with Gasteiger partial charge in [0.25, 0.3) is 0 Å². The predicted molar refractivity (Wildman–Crippen MR) is 75.8 cm³/mol. The number of hydrogen-bond acceptors (Lipinski definition) is 3. The Morgan fingerprint density at radius 3 is 2.56 bits per heavy atom. The Balaban J connectivity index is 2.90. The van der Waals surface area contributed by atoms with Crippen molar-refractivity contribution in [2.75, 3.05) is 14.2 Å². The quantitative estimate of drug-likeness (QED) is 0.869. The fourth-order valence-electron chi connectivity index (χ4n) is 1.91. The van der Waals surface area contributed by atoms with Crippen molar-refractivity contribution < 1.29 is 4.74 Å². The Labute approximate surface area is 111 Å². The van der Waals surface area contributed by atoms with E-state index in [1.807, 2.05) is 25.4 Å². The first-order chi connectivity index (χ1) is 8.40. The average molecular weight is 250 g/mol. The van der Waals surface area contributed by atoms with Gasteiger partial charge in [-0.05, 0) is 36.9 Å². The molecule has 1 heterocycles. The second kappa shape index (κ2) is 6.19. The van der Waals surface area contributed by atoms with E-state index in [9.17, 15) is 0 Å². The van der Waals surface area contributed by atoms with Gasteiger partial charge in [-0.25, -0.2) is 0 Å². The van der Waals surface area contributed by atoms with Crippen LogP contribution in [0.25, 0.3) is 0 Å². The molecule has 0 aliphatic rings. The molecule has 0 amide bonds. The third kappa shape index (κ3) is 3.70. The normalized spacial score (nSPS) is 15.2. The second-order valence-corrected chi connectivity index (χ2v) is 5.93. The van der Waals surface area contributed by atoms with E-state index in [1.54, 1.807) is 7.11 Å². The van der Waals surface area contributed by atoms with E-state index >= 15 is 0 Å². The summed E-state index contributed by atoms with van der Waals surface area (Å²) in [5.41, 5.74) is 1.30. The molecule has 102 valence electrons. The summed E-state index contributed by atoms with van der Waals surface area (Å²) in [7, 11) is 3.68. The first kappa shape index (κ1) is 15.0. The van der Waals surface area contributed by atoms with Crippen molar-refractivity contribution in [1.29, 1.82) is 0 Å². The van der Waals surface area contributed by atoms with E-state index < -0.39 is 0 Å². The number of aromatic nitrogens is 1. The van der Waals surface area contributed by atoms with Crippen LogP contribution in [0.3, 0.4) is 0 Å². The van der Waals surface area contributed by atoms with Gasteiger partial charge in [0.1, 0.15) is 5.75 Å². The van der Waals surface area contributed by atoms with E-state index in [1.165, 1.54) is 0 Å². The van der Waals surface area contributed by atoms with Gasteiger partial charge in [-0.15, -0.1) is 0 Å². The zero-order valence-corrected chi connectivity index (χ0v) is 12.4. The molecule has 0 saturated carbocycles.